The van der Waals surface area contributed by atoms with Crippen LogP contribution in [0, 0.1) is 5.92 Å². The Balaban J connectivity index is 2.60. The van der Waals surface area contributed by atoms with Gasteiger partial charge in [-0.3, -0.25) is 4.79 Å². The van der Waals surface area contributed by atoms with Gasteiger partial charge in [-0.1, -0.05) is 0 Å². The van der Waals surface area contributed by atoms with E-state index in [4.69, 9.17) is 4.74 Å². The molecule has 0 aromatic carbocycles. The lowest BCUT2D eigenvalue weighted by molar-refractivity contribution is -0.147. The molecule has 6 nitrogen and oxygen atoms in total. The molecular formula is C11H19NO5. The zero-order valence-electron chi connectivity index (χ0n) is 10.6. The third-order valence-electron chi connectivity index (χ3n) is 2.44. The molecule has 6 heteroatoms. The van der Waals surface area contributed by atoms with E-state index in [9.17, 15) is 14.7 Å². The van der Waals surface area contributed by atoms with E-state index in [0.29, 0.717) is 0 Å². The lowest BCUT2D eigenvalue weighted by atomic mass is 10.1. The average Bonchev–Trinajstić information content (AvgIpc) is 2.57. The monoisotopic (exact) mass is 245 g/mol. The van der Waals surface area contributed by atoms with Gasteiger partial charge in [0.25, 0.3) is 0 Å². The molecule has 1 saturated heterocycles. The first-order valence-electron chi connectivity index (χ1n) is 5.48. The van der Waals surface area contributed by atoms with Gasteiger partial charge in [0.15, 0.2) is 0 Å². The molecule has 0 aliphatic carbocycles. The molecule has 1 aliphatic heterocycles. The van der Waals surface area contributed by atoms with Crippen molar-refractivity contribution in [2.24, 2.45) is 5.92 Å². The van der Waals surface area contributed by atoms with E-state index >= 15 is 0 Å². The molecule has 1 heterocycles. The van der Waals surface area contributed by atoms with E-state index in [1.807, 2.05) is 0 Å². The number of hydrogen-bond donors (Lipinski definition) is 1. The van der Waals surface area contributed by atoms with Crippen molar-refractivity contribution in [2.75, 3.05) is 20.2 Å². The standard InChI is InChI=1S/C11H19NO5/c1-11(2,3)17-10(15)12-5-7(8(13)6-12)9(14)16-4/h7-8,13H,5-6H2,1-4H3/t7-,8-/m0/s1. The van der Waals surface area contributed by atoms with Crippen LogP contribution in [0.15, 0.2) is 0 Å². The van der Waals surface area contributed by atoms with Gasteiger partial charge in [-0.2, -0.15) is 0 Å². The fourth-order valence-electron chi connectivity index (χ4n) is 1.65. The minimum Gasteiger partial charge on any atom is -0.469 e. The maximum absolute atomic E-state index is 11.7. The number of hydrogen-bond acceptors (Lipinski definition) is 5. The summed E-state index contributed by atoms with van der Waals surface area (Å²) in [5.41, 5.74) is -0.592. The SMILES string of the molecule is COC(=O)[C@H]1CN(C(=O)OC(C)(C)C)C[C@@H]1O. The first-order chi connectivity index (χ1) is 7.74. The number of nitrogens with zero attached hydrogens (tertiary/aromatic N) is 1. The number of carbonyl (C=O) groups is 2. The second kappa shape index (κ2) is 4.91. The average molecular weight is 245 g/mol. The fraction of sp³-hybridized carbons (Fsp3) is 0.818. The number of aliphatic hydroxyl groups excluding tert-OH is 1. The number of methoxy groups -OCH3 is 1. The predicted octanol–water partition coefficient (Wildman–Crippen LogP) is 0.387. The minimum absolute atomic E-state index is 0.0919. The van der Waals surface area contributed by atoms with Gasteiger partial charge < -0.3 is 19.5 Å². The van der Waals surface area contributed by atoms with Crippen LogP contribution in [0.2, 0.25) is 0 Å². The highest BCUT2D eigenvalue weighted by atomic mass is 16.6. The molecule has 2 atom stereocenters. The Morgan fingerprint density at radius 3 is 2.35 bits per heavy atom. The first-order valence-corrected chi connectivity index (χ1v) is 5.48. The molecule has 1 rings (SSSR count). The lowest BCUT2D eigenvalue weighted by Crippen LogP contribution is -2.36. The molecule has 0 aromatic rings. The van der Waals surface area contributed by atoms with Crippen molar-refractivity contribution in [3.63, 3.8) is 0 Å². The highest BCUT2D eigenvalue weighted by Gasteiger charge is 2.40. The summed E-state index contributed by atoms with van der Waals surface area (Å²) in [6.45, 7) is 5.50. The summed E-state index contributed by atoms with van der Waals surface area (Å²) in [6.07, 6.45) is -1.42. The van der Waals surface area contributed by atoms with Gasteiger partial charge >= 0.3 is 12.1 Å². The molecule has 17 heavy (non-hydrogen) atoms. The summed E-state index contributed by atoms with van der Waals surface area (Å²) in [5.74, 6) is -1.20. The molecule has 1 aliphatic rings. The van der Waals surface area contributed by atoms with Crippen molar-refractivity contribution in [1.82, 2.24) is 4.90 Å². The second-order valence-electron chi connectivity index (χ2n) is 5.08. The Morgan fingerprint density at radius 2 is 1.88 bits per heavy atom. The van der Waals surface area contributed by atoms with Crippen LogP contribution in [-0.2, 0) is 14.3 Å². The molecular weight excluding hydrogens is 226 g/mol. The van der Waals surface area contributed by atoms with E-state index in [1.54, 1.807) is 20.8 Å². The summed E-state index contributed by atoms with van der Waals surface area (Å²) in [4.78, 5) is 24.3. The zero-order valence-corrected chi connectivity index (χ0v) is 10.6. The van der Waals surface area contributed by atoms with E-state index < -0.39 is 29.7 Å². The molecule has 0 bridgehead atoms. The van der Waals surface area contributed by atoms with Crippen LogP contribution >= 0.6 is 0 Å². The van der Waals surface area contributed by atoms with Crippen LogP contribution in [0.1, 0.15) is 20.8 Å². The largest absolute Gasteiger partial charge is 0.469 e. The van der Waals surface area contributed by atoms with Crippen LogP contribution in [0.5, 0.6) is 0 Å². The van der Waals surface area contributed by atoms with Crippen molar-refractivity contribution in [2.45, 2.75) is 32.5 Å². The highest BCUT2D eigenvalue weighted by Crippen LogP contribution is 2.20. The van der Waals surface area contributed by atoms with Gasteiger partial charge in [0.2, 0.25) is 0 Å². The lowest BCUT2D eigenvalue weighted by Gasteiger charge is -2.24. The number of esters is 1. The molecule has 0 aromatic heterocycles. The topological polar surface area (TPSA) is 76.1 Å². The normalized spacial score (nSPS) is 24.6. The molecule has 0 unspecified atom stereocenters. The van der Waals surface area contributed by atoms with Crippen molar-refractivity contribution in [3.05, 3.63) is 0 Å². The van der Waals surface area contributed by atoms with Gasteiger partial charge in [-0.25, -0.2) is 4.79 Å². The van der Waals surface area contributed by atoms with Gasteiger partial charge in [-0.15, -0.1) is 0 Å². The van der Waals surface area contributed by atoms with Crippen LogP contribution in [-0.4, -0.2) is 54.0 Å². The Bertz CT molecular complexity index is 309. The first kappa shape index (κ1) is 13.8. The third kappa shape index (κ3) is 3.59. The number of likely N-dealkylation sites (tertiary alicyclic amines) is 1. The Morgan fingerprint density at radius 1 is 1.29 bits per heavy atom. The molecule has 1 fully saturated rings. The summed E-state index contributed by atoms with van der Waals surface area (Å²) in [6, 6.07) is 0. The zero-order chi connectivity index (χ0) is 13.2. The van der Waals surface area contributed by atoms with Crippen molar-refractivity contribution >= 4 is 12.1 Å². The number of carbonyl (C=O) groups excluding carboxylic acids is 2. The van der Waals surface area contributed by atoms with Crippen LogP contribution < -0.4 is 0 Å². The highest BCUT2D eigenvalue weighted by molar-refractivity contribution is 5.76. The maximum Gasteiger partial charge on any atom is 0.410 e. The number of rotatable bonds is 1. The Hall–Kier alpha value is -1.30. The summed E-state index contributed by atoms with van der Waals surface area (Å²) < 4.78 is 9.71. The van der Waals surface area contributed by atoms with E-state index in [1.165, 1.54) is 12.0 Å². The molecule has 0 saturated carbocycles. The molecule has 0 radical (unpaired) electrons. The van der Waals surface area contributed by atoms with E-state index in [0.717, 1.165) is 0 Å². The van der Waals surface area contributed by atoms with Gasteiger partial charge in [-0.05, 0) is 20.8 Å². The smallest absolute Gasteiger partial charge is 0.410 e. The van der Waals surface area contributed by atoms with Gasteiger partial charge in [0.05, 0.1) is 19.8 Å². The van der Waals surface area contributed by atoms with Crippen molar-refractivity contribution < 1.29 is 24.2 Å². The van der Waals surface area contributed by atoms with Gasteiger partial charge in [0, 0.05) is 6.54 Å². The molecule has 1 amide bonds. The van der Waals surface area contributed by atoms with E-state index in [-0.39, 0.29) is 13.1 Å². The number of aliphatic hydroxyl groups is 1. The quantitative estimate of drug-likeness (QED) is 0.676. The van der Waals surface area contributed by atoms with Crippen molar-refractivity contribution in [3.8, 4) is 0 Å². The van der Waals surface area contributed by atoms with Crippen LogP contribution in [0.3, 0.4) is 0 Å². The number of amides is 1. The molecule has 0 spiro atoms. The minimum atomic E-state index is -0.894. The third-order valence-corrected chi connectivity index (χ3v) is 2.44. The summed E-state index contributed by atoms with van der Waals surface area (Å²) >= 11 is 0. The number of β-amino-alcohol motifs (C(OH)–C–C–N with tert-alkyl or cyclic N) is 1. The summed E-state index contributed by atoms with van der Waals surface area (Å²) in [5, 5.41) is 9.66. The Kier molecular flexibility index (Phi) is 3.98. The Labute approximate surface area is 100 Å². The predicted molar refractivity (Wildman–Crippen MR) is 59.3 cm³/mol. The molecule has 1 N–H and O–H groups in total. The van der Waals surface area contributed by atoms with E-state index in [2.05, 4.69) is 4.74 Å². The van der Waals surface area contributed by atoms with Crippen LogP contribution in [0.4, 0.5) is 4.79 Å². The second-order valence-corrected chi connectivity index (χ2v) is 5.08. The van der Waals surface area contributed by atoms with Crippen LogP contribution in [0.25, 0.3) is 0 Å². The number of ether oxygens (including phenoxy) is 2. The summed E-state index contributed by atoms with van der Waals surface area (Å²) in [7, 11) is 1.26. The maximum atomic E-state index is 11.7. The fourth-order valence-corrected chi connectivity index (χ4v) is 1.65. The van der Waals surface area contributed by atoms with Crippen molar-refractivity contribution in [1.29, 1.82) is 0 Å². The van der Waals surface area contributed by atoms with Gasteiger partial charge in [0.1, 0.15) is 11.5 Å². The molecule has 98 valence electrons.